The Balaban J connectivity index is 1.79. The predicted molar refractivity (Wildman–Crippen MR) is 145 cm³/mol. The zero-order valence-electron chi connectivity index (χ0n) is 21.8. The predicted octanol–water partition coefficient (Wildman–Crippen LogP) is 6.84. The number of methoxy groups -OCH3 is 1. The third kappa shape index (κ3) is 5.15. The van der Waals surface area contributed by atoms with Crippen molar-refractivity contribution in [3.63, 3.8) is 0 Å². The topological polar surface area (TPSA) is 43.7 Å². The van der Waals surface area contributed by atoms with Crippen molar-refractivity contribution in [3.8, 4) is 0 Å². The summed E-state index contributed by atoms with van der Waals surface area (Å²) in [5.74, 6) is 0.0255. The molecule has 3 aromatic rings. The van der Waals surface area contributed by atoms with Crippen molar-refractivity contribution in [1.29, 1.82) is 0 Å². The van der Waals surface area contributed by atoms with Gasteiger partial charge in [-0.05, 0) is 42.3 Å². The van der Waals surface area contributed by atoms with Gasteiger partial charge in [0.25, 0.3) is 0 Å². The lowest BCUT2D eigenvalue weighted by Gasteiger charge is -2.42. The summed E-state index contributed by atoms with van der Waals surface area (Å²) < 4.78 is 14.3. The van der Waals surface area contributed by atoms with E-state index in [9.17, 15) is 4.79 Å². The number of amides is 1. The first-order valence-corrected chi connectivity index (χ1v) is 15.3. The maximum absolute atomic E-state index is 13.5. The molecule has 5 nitrogen and oxygen atoms in total. The van der Waals surface area contributed by atoms with E-state index < -0.39 is 8.32 Å². The molecule has 0 radical (unpaired) electrons. The van der Waals surface area contributed by atoms with Gasteiger partial charge in [0, 0.05) is 24.3 Å². The Kier molecular flexibility index (Phi) is 7.36. The van der Waals surface area contributed by atoms with Crippen LogP contribution in [0.15, 0.2) is 72.9 Å². The molecule has 0 unspecified atom stereocenters. The molecule has 0 saturated carbocycles. The summed E-state index contributed by atoms with van der Waals surface area (Å²) >= 11 is 0. The van der Waals surface area contributed by atoms with Gasteiger partial charge in [-0.15, -0.1) is 0 Å². The van der Waals surface area contributed by atoms with E-state index in [0.717, 1.165) is 28.5 Å². The number of rotatable bonds is 8. The van der Waals surface area contributed by atoms with E-state index in [1.807, 2.05) is 35.2 Å². The Labute approximate surface area is 210 Å². The van der Waals surface area contributed by atoms with Crippen LogP contribution < -0.4 is 0 Å². The second-order valence-corrected chi connectivity index (χ2v) is 15.7. The van der Waals surface area contributed by atoms with Crippen molar-refractivity contribution < 1.29 is 14.0 Å². The molecule has 1 aliphatic rings. The Bertz CT molecular complexity index is 1190. The molecule has 0 fully saturated rings. The van der Waals surface area contributed by atoms with Gasteiger partial charge in [0.2, 0.25) is 5.91 Å². The summed E-state index contributed by atoms with van der Waals surface area (Å²) in [5, 5.41) is 1.24. The number of nitrogens with zero attached hydrogens (tertiary/aromatic N) is 2. The number of fused-ring (bicyclic) bond motifs is 1. The molecule has 0 bridgehead atoms. The van der Waals surface area contributed by atoms with Crippen molar-refractivity contribution in [3.05, 3.63) is 84.1 Å². The number of hydrogen-bond donors (Lipinski definition) is 0. The van der Waals surface area contributed by atoms with Crippen molar-refractivity contribution >= 4 is 25.1 Å². The number of aromatic nitrogens is 1. The fraction of sp³-hybridized carbons (Fsp3) is 0.414. The monoisotopic (exact) mass is 490 g/mol. The van der Waals surface area contributed by atoms with Gasteiger partial charge >= 0.3 is 0 Å². The van der Waals surface area contributed by atoms with Crippen molar-refractivity contribution in [2.75, 3.05) is 13.7 Å². The van der Waals surface area contributed by atoms with E-state index in [1.54, 1.807) is 13.2 Å². The van der Waals surface area contributed by atoms with E-state index >= 15 is 0 Å². The first-order valence-electron chi connectivity index (χ1n) is 12.4. The van der Waals surface area contributed by atoms with Gasteiger partial charge in [0.05, 0.1) is 24.2 Å². The van der Waals surface area contributed by atoms with Crippen LogP contribution in [0.4, 0.5) is 0 Å². The molecule has 0 spiro atoms. The highest BCUT2D eigenvalue weighted by Gasteiger charge is 2.40. The Morgan fingerprint density at radius 3 is 2.43 bits per heavy atom. The first kappa shape index (κ1) is 25.4. The van der Waals surface area contributed by atoms with E-state index in [2.05, 4.69) is 75.0 Å². The number of benzene rings is 2. The van der Waals surface area contributed by atoms with Crippen molar-refractivity contribution in [2.24, 2.45) is 0 Å². The van der Waals surface area contributed by atoms with Gasteiger partial charge in [0.1, 0.15) is 6.73 Å². The normalized spacial score (nSPS) is 17.8. The number of carbonyl (C=O) groups is 1. The number of hydrogen-bond acceptors (Lipinski definition) is 3. The van der Waals surface area contributed by atoms with Crippen LogP contribution >= 0.6 is 0 Å². The van der Waals surface area contributed by atoms with Crippen LogP contribution in [0.5, 0.6) is 0 Å². The highest BCUT2D eigenvalue weighted by atomic mass is 28.4. The molecular formula is C29H38N2O3Si. The molecular weight excluding hydrogens is 452 g/mol. The molecule has 0 saturated heterocycles. The summed E-state index contributed by atoms with van der Waals surface area (Å²) in [6.45, 7) is 12.2. The zero-order chi connectivity index (χ0) is 25.2. The molecule has 1 aromatic heterocycles. The lowest BCUT2D eigenvalue weighted by Crippen LogP contribution is -2.46. The molecule has 35 heavy (non-hydrogen) atoms. The fourth-order valence-corrected chi connectivity index (χ4v) is 5.61. The fourth-order valence-electron chi connectivity index (χ4n) is 4.60. The number of ether oxygens (including phenoxy) is 1. The van der Waals surface area contributed by atoms with Gasteiger partial charge in [-0.3, -0.25) is 4.79 Å². The van der Waals surface area contributed by atoms with Gasteiger partial charge < -0.3 is 18.6 Å². The third-order valence-electron chi connectivity index (χ3n) is 7.58. The van der Waals surface area contributed by atoms with E-state index in [1.165, 1.54) is 0 Å². The average molecular weight is 491 g/mol. The summed E-state index contributed by atoms with van der Waals surface area (Å²) in [7, 11) is -0.309. The number of carbonyl (C=O) groups excluding carboxylic acids is 1. The largest absolute Gasteiger partial charge is 0.414 e. The molecule has 0 N–H and O–H groups in total. The van der Waals surface area contributed by atoms with Crippen LogP contribution in [0.1, 0.15) is 50.4 Å². The first-order chi connectivity index (χ1) is 16.6. The molecule has 6 heteroatoms. The lowest BCUT2D eigenvalue weighted by molar-refractivity contribution is -0.133. The minimum absolute atomic E-state index is 0.0255. The third-order valence-corrected chi connectivity index (χ3v) is 12.1. The Hall–Kier alpha value is -2.67. The molecule has 2 aromatic carbocycles. The van der Waals surface area contributed by atoms with Gasteiger partial charge in [-0.25, -0.2) is 0 Å². The van der Waals surface area contributed by atoms with E-state index in [0.29, 0.717) is 13.3 Å². The van der Waals surface area contributed by atoms with Crippen LogP contribution in [0.2, 0.25) is 18.1 Å². The highest BCUT2D eigenvalue weighted by Crippen LogP contribution is 2.42. The van der Waals surface area contributed by atoms with Crippen molar-refractivity contribution in [1.82, 2.24) is 9.47 Å². The Morgan fingerprint density at radius 1 is 1.06 bits per heavy atom. The van der Waals surface area contributed by atoms with Crippen LogP contribution in [0.3, 0.4) is 0 Å². The SMILES string of the molecule is COCn1cc([C@H]2CC=CC(=O)N2[C@@H](CO[Si](C)(C)C(C)(C)C)c2ccccc2)c2ccccc21. The molecule has 4 rings (SSSR count). The van der Waals surface area contributed by atoms with Gasteiger partial charge in [-0.1, -0.05) is 75.4 Å². The summed E-state index contributed by atoms with van der Waals surface area (Å²) in [6.07, 6.45) is 6.63. The molecule has 186 valence electrons. The standard InChI is InChI=1S/C29H38N2O3Si/c1-29(2,3)35(5,6)34-20-27(22-13-8-7-9-14-22)31-26(17-12-18-28(31)32)24-19-30(21-33-4)25-16-11-10-15-23(24)25/h7-16,18-19,26-27H,17,20-21H2,1-6H3/t26-,27+/m1/s1. The molecule has 0 aliphatic carbocycles. The lowest BCUT2D eigenvalue weighted by atomic mass is 9.94. The van der Waals surface area contributed by atoms with E-state index in [4.69, 9.17) is 9.16 Å². The van der Waals surface area contributed by atoms with Gasteiger partial charge in [-0.2, -0.15) is 0 Å². The Morgan fingerprint density at radius 2 is 1.74 bits per heavy atom. The molecule has 2 atom stereocenters. The van der Waals surface area contributed by atoms with Crippen LogP contribution in [-0.2, 0) is 20.7 Å². The average Bonchev–Trinajstić information content (AvgIpc) is 3.19. The second kappa shape index (κ2) is 10.1. The summed E-state index contributed by atoms with van der Waals surface area (Å²) in [4.78, 5) is 15.6. The van der Waals surface area contributed by atoms with Crippen LogP contribution in [-0.4, -0.2) is 37.4 Å². The summed E-state index contributed by atoms with van der Waals surface area (Å²) in [6, 6.07) is 18.4. The van der Waals surface area contributed by atoms with Crippen LogP contribution in [0, 0.1) is 0 Å². The van der Waals surface area contributed by atoms with Crippen LogP contribution in [0.25, 0.3) is 10.9 Å². The highest BCUT2D eigenvalue weighted by molar-refractivity contribution is 6.74. The zero-order valence-corrected chi connectivity index (χ0v) is 22.8. The second-order valence-electron chi connectivity index (χ2n) is 10.9. The van der Waals surface area contributed by atoms with E-state index in [-0.39, 0.29) is 23.0 Å². The molecule has 2 heterocycles. The van der Waals surface area contributed by atoms with Gasteiger partial charge in [0.15, 0.2) is 8.32 Å². The summed E-state index contributed by atoms with van der Waals surface area (Å²) in [5.41, 5.74) is 3.35. The molecule has 1 aliphatic heterocycles. The minimum Gasteiger partial charge on any atom is -0.414 e. The maximum atomic E-state index is 13.5. The molecule has 1 amide bonds. The number of para-hydroxylation sites is 1. The van der Waals surface area contributed by atoms with Crippen molar-refractivity contribution in [2.45, 2.75) is 64.1 Å². The quantitative estimate of drug-likeness (QED) is 0.325. The smallest absolute Gasteiger partial charge is 0.247 e. The minimum atomic E-state index is -2.01. The maximum Gasteiger partial charge on any atom is 0.247 e.